The molecule has 1 fully saturated rings. The van der Waals surface area contributed by atoms with Crippen molar-refractivity contribution in [2.24, 2.45) is 0 Å². The number of nitrogens with zero attached hydrogens (tertiary/aromatic N) is 1. The summed E-state index contributed by atoms with van der Waals surface area (Å²) >= 11 is 6.26. The van der Waals surface area contributed by atoms with Crippen LogP contribution in [0.25, 0.3) is 5.76 Å². The first-order chi connectivity index (χ1) is 18.7. The maximum atomic E-state index is 13.6. The summed E-state index contributed by atoms with van der Waals surface area (Å²) in [6.07, 6.45) is 0. The lowest BCUT2D eigenvalue weighted by Gasteiger charge is -2.26. The van der Waals surface area contributed by atoms with Crippen LogP contribution in [0.5, 0.6) is 23.0 Å². The van der Waals surface area contributed by atoms with E-state index in [0.29, 0.717) is 22.7 Å². The molecular weight excluding hydrogens is 522 g/mol. The quantitative estimate of drug-likeness (QED) is 0.204. The molecule has 1 unspecified atom stereocenters. The molecule has 0 spiro atoms. The Morgan fingerprint density at radius 2 is 1.44 bits per heavy atom. The summed E-state index contributed by atoms with van der Waals surface area (Å²) in [5, 5.41) is 11.9. The highest BCUT2D eigenvalue weighted by molar-refractivity contribution is 6.51. The molecule has 8 nitrogen and oxygen atoms in total. The van der Waals surface area contributed by atoms with E-state index < -0.39 is 23.5 Å². The van der Waals surface area contributed by atoms with E-state index in [1.807, 2.05) is 12.1 Å². The van der Waals surface area contributed by atoms with Crippen LogP contribution in [0.2, 0.25) is 5.02 Å². The van der Waals surface area contributed by atoms with E-state index >= 15 is 0 Å². The molecule has 9 heteroatoms. The number of halogens is 1. The highest BCUT2D eigenvalue weighted by Crippen LogP contribution is 2.46. The van der Waals surface area contributed by atoms with Crippen LogP contribution in [0.4, 0.5) is 5.69 Å². The van der Waals surface area contributed by atoms with Crippen LogP contribution in [-0.2, 0) is 9.59 Å². The maximum Gasteiger partial charge on any atom is 0.300 e. The van der Waals surface area contributed by atoms with E-state index in [9.17, 15) is 14.7 Å². The Hall–Kier alpha value is -4.17. The Morgan fingerprint density at radius 1 is 0.821 bits per heavy atom. The third kappa shape index (κ3) is 5.00. The van der Waals surface area contributed by atoms with Gasteiger partial charge in [-0.3, -0.25) is 14.5 Å². The second-order valence-electron chi connectivity index (χ2n) is 9.22. The predicted octanol–water partition coefficient (Wildman–Crippen LogP) is 6.12. The summed E-state index contributed by atoms with van der Waals surface area (Å²) in [5.74, 6) is -0.434. The van der Waals surface area contributed by atoms with Crippen molar-refractivity contribution in [2.75, 3.05) is 33.3 Å². The number of hydrogen-bond donors (Lipinski definition) is 1. The third-order valence-corrected chi connectivity index (χ3v) is 7.03. The summed E-state index contributed by atoms with van der Waals surface area (Å²) < 4.78 is 21.6. The second-order valence-corrected chi connectivity index (χ2v) is 9.62. The van der Waals surface area contributed by atoms with E-state index in [1.165, 1.54) is 45.5 Å². The van der Waals surface area contributed by atoms with E-state index in [4.69, 9.17) is 30.5 Å². The van der Waals surface area contributed by atoms with Crippen molar-refractivity contribution in [3.05, 3.63) is 81.9 Å². The molecule has 0 radical (unpaired) electrons. The molecule has 0 aliphatic carbocycles. The number of aliphatic hydroxyl groups is 1. The predicted molar refractivity (Wildman–Crippen MR) is 149 cm³/mol. The van der Waals surface area contributed by atoms with Crippen LogP contribution in [-0.4, -0.2) is 45.2 Å². The SMILES string of the molecule is COc1cc(/C(O)=C2\C(=O)C(=O)N(c3ccc(C(C)C)cc3)C2c2ccc(OC)c(OC)c2)c(OC)cc1Cl. The van der Waals surface area contributed by atoms with Gasteiger partial charge in [-0.2, -0.15) is 0 Å². The molecule has 4 rings (SSSR count). The zero-order valence-corrected chi connectivity index (χ0v) is 23.3. The highest BCUT2D eigenvalue weighted by atomic mass is 35.5. The van der Waals surface area contributed by atoms with Gasteiger partial charge in [0.15, 0.2) is 11.5 Å². The van der Waals surface area contributed by atoms with Gasteiger partial charge in [0.2, 0.25) is 0 Å². The molecule has 1 atom stereocenters. The average Bonchev–Trinajstić information content (AvgIpc) is 3.21. The van der Waals surface area contributed by atoms with Gasteiger partial charge in [0, 0.05) is 11.8 Å². The Labute approximate surface area is 232 Å². The lowest BCUT2D eigenvalue weighted by Crippen LogP contribution is -2.29. The molecule has 1 aliphatic heterocycles. The monoisotopic (exact) mass is 551 g/mol. The number of Topliss-reactive ketones (excluding diaryl/α,β-unsaturated/α-hetero) is 1. The van der Waals surface area contributed by atoms with Gasteiger partial charge in [-0.15, -0.1) is 0 Å². The summed E-state index contributed by atoms with van der Waals surface area (Å²) in [5.41, 5.74) is 2.14. The van der Waals surface area contributed by atoms with Gasteiger partial charge in [0.05, 0.1) is 50.6 Å². The number of benzene rings is 3. The molecule has 1 amide bonds. The van der Waals surface area contributed by atoms with Crippen LogP contribution in [0.1, 0.15) is 42.5 Å². The lowest BCUT2D eigenvalue weighted by atomic mass is 9.94. The smallest absolute Gasteiger partial charge is 0.300 e. The number of ether oxygens (including phenoxy) is 4. The summed E-state index contributed by atoms with van der Waals surface area (Å²) in [6, 6.07) is 14.5. The van der Waals surface area contributed by atoms with Crippen molar-refractivity contribution >= 4 is 34.7 Å². The molecule has 1 N–H and O–H groups in total. The average molecular weight is 552 g/mol. The van der Waals surface area contributed by atoms with Crippen molar-refractivity contribution in [2.45, 2.75) is 25.8 Å². The molecule has 0 aromatic heterocycles. The van der Waals surface area contributed by atoms with Crippen molar-refractivity contribution in [1.82, 2.24) is 0 Å². The number of aliphatic hydroxyl groups excluding tert-OH is 1. The van der Waals surface area contributed by atoms with Crippen LogP contribution in [0, 0.1) is 0 Å². The number of amides is 1. The Bertz CT molecular complexity index is 1450. The Morgan fingerprint density at radius 3 is 2.00 bits per heavy atom. The number of carbonyl (C=O) groups excluding carboxylic acids is 2. The van der Waals surface area contributed by atoms with Gasteiger partial charge in [-0.1, -0.05) is 43.6 Å². The molecule has 0 saturated carbocycles. The fraction of sp³-hybridized carbons (Fsp3) is 0.267. The van der Waals surface area contributed by atoms with Crippen LogP contribution >= 0.6 is 11.6 Å². The summed E-state index contributed by atoms with van der Waals surface area (Å²) in [7, 11) is 5.85. The van der Waals surface area contributed by atoms with Crippen LogP contribution in [0.3, 0.4) is 0 Å². The fourth-order valence-electron chi connectivity index (χ4n) is 4.65. The van der Waals surface area contributed by atoms with E-state index in [-0.39, 0.29) is 33.6 Å². The van der Waals surface area contributed by atoms with Gasteiger partial charge in [0.1, 0.15) is 17.3 Å². The normalized spacial score (nSPS) is 16.5. The Kier molecular flexibility index (Phi) is 8.06. The van der Waals surface area contributed by atoms with Crippen molar-refractivity contribution in [3.63, 3.8) is 0 Å². The molecule has 3 aromatic carbocycles. The topological polar surface area (TPSA) is 94.5 Å². The minimum Gasteiger partial charge on any atom is -0.507 e. The van der Waals surface area contributed by atoms with Crippen molar-refractivity contribution < 1.29 is 33.6 Å². The standard InChI is InChI=1S/C30H30ClNO7/c1-16(2)17-7-10-19(11-8-17)32-27(18-9-12-22(36-3)25(13-18)39-6)26(29(34)30(32)35)28(33)20-14-24(38-5)21(31)15-23(20)37-4/h7-16,27,33H,1-6H3/b28-26+. The number of hydrogen-bond acceptors (Lipinski definition) is 7. The number of rotatable bonds is 8. The number of carbonyl (C=O) groups is 2. The van der Waals surface area contributed by atoms with Gasteiger partial charge in [0.25, 0.3) is 11.7 Å². The van der Waals surface area contributed by atoms with Gasteiger partial charge >= 0.3 is 0 Å². The molecule has 204 valence electrons. The fourth-order valence-corrected chi connectivity index (χ4v) is 4.88. The lowest BCUT2D eigenvalue weighted by molar-refractivity contribution is -0.132. The van der Waals surface area contributed by atoms with Crippen LogP contribution in [0.15, 0.2) is 60.2 Å². The molecule has 1 saturated heterocycles. The van der Waals surface area contributed by atoms with Gasteiger partial charge in [-0.05, 0) is 47.4 Å². The zero-order chi connectivity index (χ0) is 28.4. The molecule has 1 heterocycles. The van der Waals surface area contributed by atoms with Crippen molar-refractivity contribution in [1.29, 1.82) is 0 Å². The first-order valence-electron chi connectivity index (χ1n) is 12.2. The number of ketones is 1. The zero-order valence-electron chi connectivity index (χ0n) is 22.6. The minimum atomic E-state index is -0.985. The highest BCUT2D eigenvalue weighted by Gasteiger charge is 2.47. The summed E-state index contributed by atoms with van der Waals surface area (Å²) in [4.78, 5) is 28.5. The maximum absolute atomic E-state index is 13.6. The Balaban J connectivity index is 2.00. The van der Waals surface area contributed by atoms with E-state index in [1.54, 1.807) is 30.3 Å². The second kappa shape index (κ2) is 11.3. The van der Waals surface area contributed by atoms with Gasteiger partial charge in [-0.25, -0.2) is 0 Å². The molecule has 39 heavy (non-hydrogen) atoms. The van der Waals surface area contributed by atoms with E-state index in [2.05, 4.69) is 13.8 Å². The van der Waals surface area contributed by atoms with Crippen molar-refractivity contribution in [3.8, 4) is 23.0 Å². The molecule has 3 aromatic rings. The number of methoxy groups -OCH3 is 4. The first kappa shape index (κ1) is 27.9. The summed E-state index contributed by atoms with van der Waals surface area (Å²) in [6.45, 7) is 4.14. The molecule has 0 bridgehead atoms. The van der Waals surface area contributed by atoms with E-state index in [0.717, 1.165) is 5.56 Å². The molecular formula is C30H30ClNO7. The number of anilines is 1. The van der Waals surface area contributed by atoms with Crippen LogP contribution < -0.4 is 23.8 Å². The largest absolute Gasteiger partial charge is 0.507 e. The first-order valence-corrected chi connectivity index (χ1v) is 12.6. The third-order valence-electron chi connectivity index (χ3n) is 6.73. The molecule has 1 aliphatic rings. The van der Waals surface area contributed by atoms with Gasteiger partial charge < -0.3 is 24.1 Å². The minimum absolute atomic E-state index is 0.122.